The molecule has 0 aromatic rings. The molecule has 0 amide bonds. The van der Waals surface area contributed by atoms with Gasteiger partial charge in [0.25, 0.3) is 0 Å². The van der Waals surface area contributed by atoms with E-state index >= 15 is 0 Å². The lowest BCUT2D eigenvalue weighted by Crippen LogP contribution is -2.06. The summed E-state index contributed by atoms with van der Waals surface area (Å²) < 4.78 is 14.7. The third-order valence-corrected chi connectivity index (χ3v) is 1.11. The minimum absolute atomic E-state index is 0.250. The van der Waals surface area contributed by atoms with Crippen LogP contribution in [0.5, 0.6) is 0 Å². The molecule has 0 unspecified atom stereocenters. The van der Waals surface area contributed by atoms with Crippen LogP contribution in [-0.2, 0) is 19.0 Å². The van der Waals surface area contributed by atoms with E-state index in [-0.39, 0.29) is 5.97 Å². The fourth-order valence-corrected chi connectivity index (χ4v) is 0.578. The zero-order valence-corrected chi connectivity index (χ0v) is 7.67. The third kappa shape index (κ3) is 9.39. The topological polar surface area (TPSA) is 44.8 Å². The maximum atomic E-state index is 10.3. The maximum absolute atomic E-state index is 10.3. The van der Waals surface area contributed by atoms with Crippen molar-refractivity contribution in [2.24, 2.45) is 0 Å². The van der Waals surface area contributed by atoms with Crippen molar-refractivity contribution >= 4 is 5.97 Å². The molecule has 0 saturated carbocycles. The Bertz CT molecular complexity index is 114. The molecule has 12 heavy (non-hydrogen) atoms. The summed E-state index contributed by atoms with van der Waals surface area (Å²) in [5, 5.41) is 0. The normalized spacial score (nSPS) is 9.83. The lowest BCUT2D eigenvalue weighted by molar-refractivity contribution is -0.141. The Kier molecular flexibility index (Phi) is 8.05. The van der Waals surface area contributed by atoms with Gasteiger partial charge in [-0.3, -0.25) is 4.79 Å². The molecule has 0 N–H and O–H groups in total. The molecular formula is C8H16O4. The Morgan fingerprint density at radius 3 is 2.58 bits per heavy atom. The second kappa shape index (κ2) is 8.49. The van der Waals surface area contributed by atoms with Crippen LogP contribution in [0.2, 0.25) is 0 Å². The number of ether oxygens (including phenoxy) is 3. The van der Waals surface area contributed by atoms with Crippen LogP contribution in [0.25, 0.3) is 0 Å². The molecule has 0 spiro atoms. The average molecular weight is 176 g/mol. The van der Waals surface area contributed by atoms with E-state index in [0.29, 0.717) is 33.0 Å². The van der Waals surface area contributed by atoms with Crippen molar-refractivity contribution in [2.75, 3.05) is 26.6 Å². The summed E-state index contributed by atoms with van der Waals surface area (Å²) >= 11 is 0. The van der Waals surface area contributed by atoms with Crippen LogP contribution in [0.4, 0.5) is 0 Å². The average Bonchev–Trinajstić information content (AvgIpc) is 2.02. The molecule has 0 rings (SSSR count). The van der Waals surface area contributed by atoms with Crippen LogP contribution in [0.1, 0.15) is 20.3 Å². The van der Waals surface area contributed by atoms with Crippen LogP contribution < -0.4 is 0 Å². The summed E-state index contributed by atoms with van der Waals surface area (Å²) in [5.74, 6) is -0.250. The summed E-state index contributed by atoms with van der Waals surface area (Å²) in [7, 11) is 0. The molecule has 72 valence electrons. The van der Waals surface area contributed by atoms with E-state index in [1.807, 2.05) is 6.92 Å². The Labute approximate surface area is 72.8 Å². The van der Waals surface area contributed by atoms with Crippen molar-refractivity contribution in [3.8, 4) is 0 Å². The number of hydrogen-bond donors (Lipinski definition) is 0. The molecule has 4 nitrogen and oxygen atoms in total. The molecule has 0 radical (unpaired) electrons. The molecule has 0 aromatic heterocycles. The smallest absolute Gasteiger partial charge is 0.302 e. The van der Waals surface area contributed by atoms with Crippen molar-refractivity contribution in [3.05, 3.63) is 0 Å². The highest BCUT2D eigenvalue weighted by Crippen LogP contribution is 1.86. The first-order valence-corrected chi connectivity index (χ1v) is 4.06. The van der Waals surface area contributed by atoms with Gasteiger partial charge in [0.05, 0.1) is 13.2 Å². The Morgan fingerprint density at radius 1 is 1.25 bits per heavy atom. The van der Waals surface area contributed by atoms with Gasteiger partial charge in [0.15, 0.2) is 0 Å². The predicted molar refractivity (Wildman–Crippen MR) is 43.7 cm³/mol. The molecule has 0 fully saturated rings. The highest BCUT2D eigenvalue weighted by Gasteiger charge is 1.92. The summed E-state index contributed by atoms with van der Waals surface area (Å²) in [6, 6.07) is 0. The largest absolute Gasteiger partial charge is 0.466 e. The summed E-state index contributed by atoms with van der Waals surface area (Å²) in [4.78, 5) is 10.3. The summed E-state index contributed by atoms with van der Waals surface area (Å²) in [6.07, 6.45) is 0.715. The van der Waals surface area contributed by atoms with Gasteiger partial charge in [-0.2, -0.15) is 0 Å². The van der Waals surface area contributed by atoms with Gasteiger partial charge < -0.3 is 14.2 Å². The highest BCUT2D eigenvalue weighted by atomic mass is 16.7. The quantitative estimate of drug-likeness (QED) is 0.329. The maximum Gasteiger partial charge on any atom is 0.302 e. The first kappa shape index (κ1) is 11.4. The molecule has 0 aromatic carbocycles. The van der Waals surface area contributed by atoms with Gasteiger partial charge >= 0.3 is 5.97 Å². The van der Waals surface area contributed by atoms with E-state index < -0.39 is 0 Å². The van der Waals surface area contributed by atoms with Crippen molar-refractivity contribution in [3.63, 3.8) is 0 Å². The number of hydrogen-bond acceptors (Lipinski definition) is 4. The Hall–Kier alpha value is -0.610. The molecular weight excluding hydrogens is 160 g/mol. The Morgan fingerprint density at radius 2 is 2.00 bits per heavy atom. The van der Waals surface area contributed by atoms with Gasteiger partial charge in [0.2, 0.25) is 0 Å². The number of carbonyl (C=O) groups excluding carboxylic acids is 1. The standard InChI is InChI=1S/C8H16O4/c1-3-10-7-11-5-4-6-12-8(2)9/h3-7H2,1-2H3. The van der Waals surface area contributed by atoms with Crippen LogP contribution in [0.15, 0.2) is 0 Å². The first-order valence-electron chi connectivity index (χ1n) is 4.06. The molecule has 0 heterocycles. The first-order chi connectivity index (χ1) is 5.77. The number of rotatable bonds is 7. The second-order valence-corrected chi connectivity index (χ2v) is 2.21. The van der Waals surface area contributed by atoms with E-state index in [2.05, 4.69) is 4.74 Å². The van der Waals surface area contributed by atoms with E-state index in [1.165, 1.54) is 6.92 Å². The summed E-state index contributed by atoms with van der Waals surface area (Å²) in [6.45, 7) is 5.25. The molecule has 4 heteroatoms. The zero-order chi connectivity index (χ0) is 9.23. The fraction of sp³-hybridized carbons (Fsp3) is 0.875. The molecule has 0 aliphatic carbocycles. The van der Waals surface area contributed by atoms with Gasteiger partial charge in [0, 0.05) is 20.0 Å². The Balaban J connectivity index is 2.86. The monoisotopic (exact) mass is 176 g/mol. The van der Waals surface area contributed by atoms with E-state index in [0.717, 1.165) is 0 Å². The molecule has 0 saturated heterocycles. The van der Waals surface area contributed by atoms with Crippen LogP contribution in [0.3, 0.4) is 0 Å². The van der Waals surface area contributed by atoms with Crippen molar-refractivity contribution in [1.82, 2.24) is 0 Å². The van der Waals surface area contributed by atoms with Crippen LogP contribution in [-0.4, -0.2) is 32.6 Å². The second-order valence-electron chi connectivity index (χ2n) is 2.21. The number of esters is 1. The van der Waals surface area contributed by atoms with Crippen LogP contribution in [0, 0.1) is 0 Å². The van der Waals surface area contributed by atoms with Gasteiger partial charge in [0.1, 0.15) is 6.79 Å². The van der Waals surface area contributed by atoms with Gasteiger partial charge in [-0.25, -0.2) is 0 Å². The molecule has 0 aliphatic heterocycles. The van der Waals surface area contributed by atoms with Crippen molar-refractivity contribution in [2.45, 2.75) is 20.3 Å². The van der Waals surface area contributed by atoms with Gasteiger partial charge in [-0.1, -0.05) is 0 Å². The fourth-order valence-electron chi connectivity index (χ4n) is 0.578. The molecule has 0 atom stereocenters. The molecule has 0 bridgehead atoms. The number of carbonyl (C=O) groups is 1. The lowest BCUT2D eigenvalue weighted by atomic mass is 10.5. The highest BCUT2D eigenvalue weighted by molar-refractivity contribution is 5.65. The van der Waals surface area contributed by atoms with E-state index in [9.17, 15) is 4.79 Å². The SMILES string of the molecule is CCOCOCCCOC(C)=O. The third-order valence-electron chi connectivity index (χ3n) is 1.11. The summed E-state index contributed by atoms with van der Waals surface area (Å²) in [5.41, 5.74) is 0. The van der Waals surface area contributed by atoms with Gasteiger partial charge in [-0.05, 0) is 6.92 Å². The zero-order valence-electron chi connectivity index (χ0n) is 7.67. The van der Waals surface area contributed by atoms with Crippen LogP contribution >= 0.6 is 0 Å². The lowest BCUT2D eigenvalue weighted by Gasteiger charge is -2.03. The van der Waals surface area contributed by atoms with E-state index in [1.54, 1.807) is 0 Å². The van der Waals surface area contributed by atoms with Crippen molar-refractivity contribution < 1.29 is 19.0 Å². The minimum atomic E-state index is -0.250. The predicted octanol–water partition coefficient (Wildman–Crippen LogP) is 0.950. The molecule has 0 aliphatic rings. The van der Waals surface area contributed by atoms with E-state index in [4.69, 9.17) is 9.47 Å². The minimum Gasteiger partial charge on any atom is -0.466 e. The van der Waals surface area contributed by atoms with Gasteiger partial charge in [-0.15, -0.1) is 0 Å². The van der Waals surface area contributed by atoms with Crippen molar-refractivity contribution in [1.29, 1.82) is 0 Å².